The number of anilines is 1. The fourth-order valence-electron chi connectivity index (χ4n) is 4.89. The summed E-state index contributed by atoms with van der Waals surface area (Å²) >= 11 is 0. The Morgan fingerprint density at radius 2 is 1.47 bits per heavy atom. The standard InChI is InChI=1S/C25H27F4N3O2/c26-20-9-11-21(12-10-20)30-23(33)22(17-3-1-2-4-17)31-13-15-32(16-14-31)24(34)18-5-7-19(8-6-18)25(27,28)29/h5-12,17,22H,1-4,13-16H2,(H,30,33)/t22-/m1/s1. The van der Waals surface area contributed by atoms with Crippen LogP contribution in [0, 0.1) is 11.7 Å². The van der Waals surface area contributed by atoms with Crippen LogP contribution in [0.4, 0.5) is 23.2 Å². The average molecular weight is 478 g/mol. The number of alkyl halides is 3. The first kappa shape index (κ1) is 24.2. The highest BCUT2D eigenvalue weighted by atomic mass is 19.4. The van der Waals surface area contributed by atoms with Gasteiger partial charge in [0.1, 0.15) is 5.82 Å². The van der Waals surface area contributed by atoms with Crippen LogP contribution in [0.3, 0.4) is 0 Å². The van der Waals surface area contributed by atoms with Crippen LogP contribution in [0.5, 0.6) is 0 Å². The molecule has 2 amide bonds. The Kier molecular flexibility index (Phi) is 7.21. The Morgan fingerprint density at radius 1 is 0.882 bits per heavy atom. The van der Waals surface area contributed by atoms with Gasteiger partial charge in [0.2, 0.25) is 5.91 Å². The van der Waals surface area contributed by atoms with Crippen molar-refractivity contribution in [3.05, 3.63) is 65.5 Å². The molecule has 1 heterocycles. The van der Waals surface area contributed by atoms with Crippen LogP contribution in [-0.4, -0.2) is 53.8 Å². The zero-order valence-electron chi connectivity index (χ0n) is 18.7. The van der Waals surface area contributed by atoms with Gasteiger partial charge in [-0.1, -0.05) is 12.8 Å². The summed E-state index contributed by atoms with van der Waals surface area (Å²) in [7, 11) is 0. The van der Waals surface area contributed by atoms with Crippen molar-refractivity contribution in [3.63, 3.8) is 0 Å². The SMILES string of the molecule is O=C(Nc1ccc(F)cc1)[C@@H](C1CCCC1)N1CCN(C(=O)c2ccc(C(F)(F)F)cc2)CC1. The van der Waals surface area contributed by atoms with E-state index in [0.717, 1.165) is 37.8 Å². The summed E-state index contributed by atoms with van der Waals surface area (Å²) in [4.78, 5) is 29.7. The smallest absolute Gasteiger partial charge is 0.336 e. The molecule has 2 aliphatic rings. The molecule has 5 nitrogen and oxygen atoms in total. The van der Waals surface area contributed by atoms with Crippen molar-refractivity contribution < 1.29 is 27.2 Å². The van der Waals surface area contributed by atoms with Gasteiger partial charge in [0, 0.05) is 37.4 Å². The van der Waals surface area contributed by atoms with E-state index in [1.54, 1.807) is 4.90 Å². The first-order valence-corrected chi connectivity index (χ1v) is 11.5. The molecule has 1 N–H and O–H groups in total. The second-order valence-electron chi connectivity index (χ2n) is 8.89. The molecule has 0 spiro atoms. The zero-order valence-corrected chi connectivity index (χ0v) is 18.7. The minimum Gasteiger partial charge on any atom is -0.336 e. The van der Waals surface area contributed by atoms with E-state index in [9.17, 15) is 27.2 Å². The first-order chi connectivity index (χ1) is 16.2. The van der Waals surface area contributed by atoms with Gasteiger partial charge in [-0.05, 0) is 67.3 Å². The monoisotopic (exact) mass is 477 g/mol. The molecule has 4 rings (SSSR count). The Hall–Kier alpha value is -2.94. The highest BCUT2D eigenvalue weighted by Crippen LogP contribution is 2.32. The Morgan fingerprint density at radius 3 is 2.03 bits per heavy atom. The summed E-state index contributed by atoms with van der Waals surface area (Å²) in [6.45, 7) is 1.74. The van der Waals surface area contributed by atoms with Crippen LogP contribution in [0.25, 0.3) is 0 Å². The number of hydrogen-bond acceptors (Lipinski definition) is 3. The van der Waals surface area contributed by atoms with Crippen molar-refractivity contribution in [2.75, 3.05) is 31.5 Å². The number of rotatable bonds is 5. The second kappa shape index (κ2) is 10.1. The summed E-state index contributed by atoms with van der Waals surface area (Å²) in [5, 5.41) is 2.90. The van der Waals surface area contributed by atoms with Gasteiger partial charge in [-0.25, -0.2) is 4.39 Å². The zero-order chi connectivity index (χ0) is 24.3. The van der Waals surface area contributed by atoms with Crippen molar-refractivity contribution in [2.24, 2.45) is 5.92 Å². The van der Waals surface area contributed by atoms with Crippen molar-refractivity contribution in [3.8, 4) is 0 Å². The lowest BCUT2D eigenvalue weighted by molar-refractivity contribution is -0.137. The number of carbonyl (C=O) groups excluding carboxylic acids is 2. The van der Waals surface area contributed by atoms with E-state index in [1.165, 1.54) is 36.4 Å². The molecule has 182 valence electrons. The maximum Gasteiger partial charge on any atom is 0.416 e. The van der Waals surface area contributed by atoms with Crippen LogP contribution in [0.15, 0.2) is 48.5 Å². The Balaban J connectivity index is 1.40. The summed E-state index contributed by atoms with van der Waals surface area (Å²) < 4.78 is 51.6. The minimum absolute atomic E-state index is 0.138. The van der Waals surface area contributed by atoms with E-state index in [0.29, 0.717) is 31.9 Å². The molecular formula is C25H27F4N3O2. The third-order valence-corrected chi connectivity index (χ3v) is 6.68. The van der Waals surface area contributed by atoms with Gasteiger partial charge in [0.25, 0.3) is 5.91 Å². The molecular weight excluding hydrogens is 450 g/mol. The number of piperazine rings is 1. The van der Waals surface area contributed by atoms with E-state index in [2.05, 4.69) is 10.2 Å². The van der Waals surface area contributed by atoms with Gasteiger partial charge in [-0.15, -0.1) is 0 Å². The summed E-state index contributed by atoms with van der Waals surface area (Å²) in [5.41, 5.74) is -0.0474. The quantitative estimate of drug-likeness (QED) is 0.630. The van der Waals surface area contributed by atoms with Crippen LogP contribution in [0.1, 0.15) is 41.6 Å². The first-order valence-electron chi connectivity index (χ1n) is 11.5. The van der Waals surface area contributed by atoms with E-state index < -0.39 is 11.7 Å². The third-order valence-electron chi connectivity index (χ3n) is 6.68. The Labute approximate surface area is 195 Å². The number of benzene rings is 2. The fraction of sp³-hybridized carbons (Fsp3) is 0.440. The highest BCUT2D eigenvalue weighted by molar-refractivity contribution is 5.95. The summed E-state index contributed by atoms with van der Waals surface area (Å²) in [6, 6.07) is 9.54. The fourth-order valence-corrected chi connectivity index (χ4v) is 4.89. The number of carbonyl (C=O) groups is 2. The van der Waals surface area contributed by atoms with E-state index >= 15 is 0 Å². The normalized spacial score (nSPS) is 18.6. The largest absolute Gasteiger partial charge is 0.416 e. The molecule has 1 atom stereocenters. The van der Waals surface area contributed by atoms with Crippen molar-refractivity contribution in [1.29, 1.82) is 0 Å². The average Bonchev–Trinajstić information content (AvgIpc) is 3.34. The molecule has 2 aromatic rings. The molecule has 0 unspecified atom stereocenters. The van der Waals surface area contributed by atoms with Crippen molar-refractivity contribution in [1.82, 2.24) is 9.80 Å². The molecule has 1 saturated heterocycles. The molecule has 2 aromatic carbocycles. The lowest BCUT2D eigenvalue weighted by Crippen LogP contribution is -2.56. The molecule has 1 aliphatic carbocycles. The van der Waals surface area contributed by atoms with Crippen LogP contribution >= 0.6 is 0 Å². The summed E-state index contributed by atoms with van der Waals surface area (Å²) in [6.07, 6.45) is -0.413. The van der Waals surface area contributed by atoms with Gasteiger partial charge < -0.3 is 10.2 Å². The highest BCUT2D eigenvalue weighted by Gasteiger charge is 2.37. The van der Waals surface area contributed by atoms with E-state index in [1.807, 2.05) is 0 Å². The van der Waals surface area contributed by atoms with Crippen molar-refractivity contribution in [2.45, 2.75) is 37.9 Å². The predicted molar refractivity (Wildman–Crippen MR) is 120 cm³/mol. The van der Waals surface area contributed by atoms with E-state index in [-0.39, 0.29) is 35.2 Å². The van der Waals surface area contributed by atoms with Gasteiger partial charge >= 0.3 is 6.18 Å². The number of hydrogen-bond donors (Lipinski definition) is 1. The lowest BCUT2D eigenvalue weighted by Gasteiger charge is -2.40. The molecule has 9 heteroatoms. The second-order valence-corrected chi connectivity index (χ2v) is 8.89. The molecule has 0 aromatic heterocycles. The topological polar surface area (TPSA) is 52.7 Å². The summed E-state index contributed by atoms with van der Waals surface area (Å²) in [5.74, 6) is -0.626. The van der Waals surface area contributed by atoms with Crippen molar-refractivity contribution >= 4 is 17.5 Å². The van der Waals surface area contributed by atoms with Crippen LogP contribution in [0.2, 0.25) is 0 Å². The molecule has 0 radical (unpaired) electrons. The van der Waals surface area contributed by atoms with Gasteiger partial charge in [0.15, 0.2) is 0 Å². The molecule has 34 heavy (non-hydrogen) atoms. The lowest BCUT2D eigenvalue weighted by atomic mass is 9.94. The third kappa shape index (κ3) is 5.58. The Bertz CT molecular complexity index is 994. The maximum atomic E-state index is 13.2. The van der Waals surface area contributed by atoms with Gasteiger partial charge in [-0.2, -0.15) is 13.2 Å². The number of nitrogens with one attached hydrogen (secondary N) is 1. The molecule has 1 saturated carbocycles. The van der Waals surface area contributed by atoms with Gasteiger partial charge in [0.05, 0.1) is 11.6 Å². The minimum atomic E-state index is -4.45. The molecule has 2 fully saturated rings. The molecule has 1 aliphatic heterocycles. The van der Waals surface area contributed by atoms with Crippen LogP contribution in [-0.2, 0) is 11.0 Å². The van der Waals surface area contributed by atoms with E-state index in [4.69, 9.17) is 0 Å². The van der Waals surface area contributed by atoms with Crippen LogP contribution < -0.4 is 5.32 Å². The molecule has 0 bridgehead atoms. The number of amides is 2. The maximum absolute atomic E-state index is 13.2. The number of nitrogens with zero attached hydrogens (tertiary/aromatic N) is 2. The predicted octanol–water partition coefficient (Wildman–Crippen LogP) is 4.80. The number of halogens is 4. The van der Waals surface area contributed by atoms with Gasteiger partial charge in [-0.3, -0.25) is 14.5 Å².